The van der Waals surface area contributed by atoms with E-state index in [1.807, 2.05) is 12.3 Å². The summed E-state index contributed by atoms with van der Waals surface area (Å²) < 4.78 is 14.4. The van der Waals surface area contributed by atoms with Crippen LogP contribution in [0.1, 0.15) is 25.1 Å². The molecule has 4 N–H and O–H groups in total. The van der Waals surface area contributed by atoms with Crippen molar-refractivity contribution in [3.05, 3.63) is 46.9 Å². The molecule has 0 aromatic carbocycles. The van der Waals surface area contributed by atoms with Gasteiger partial charge in [-0.2, -0.15) is 0 Å². The summed E-state index contributed by atoms with van der Waals surface area (Å²) in [6, 6.07) is 0.112. The summed E-state index contributed by atoms with van der Waals surface area (Å²) in [5.41, 5.74) is 1.72. The van der Waals surface area contributed by atoms with Gasteiger partial charge in [0.05, 0.1) is 11.2 Å². The molecule has 1 unspecified atom stereocenters. The predicted octanol–water partition coefficient (Wildman–Crippen LogP) is 1.75. The molecule has 2 atom stereocenters. The van der Waals surface area contributed by atoms with Gasteiger partial charge in [-0.25, -0.2) is 14.4 Å². The molecule has 28 heavy (non-hydrogen) atoms. The van der Waals surface area contributed by atoms with Gasteiger partial charge >= 0.3 is 0 Å². The van der Waals surface area contributed by atoms with Gasteiger partial charge in [-0.15, -0.1) is 0 Å². The number of likely N-dealkylation sites (tertiary alicyclic amines) is 1. The van der Waals surface area contributed by atoms with Gasteiger partial charge in [0, 0.05) is 49.3 Å². The molecular weight excluding hydrogens is 383 g/mol. The van der Waals surface area contributed by atoms with Gasteiger partial charge in [-0.1, -0.05) is 11.6 Å². The Labute approximate surface area is 168 Å². The van der Waals surface area contributed by atoms with Crippen LogP contribution in [-0.2, 0) is 0 Å². The zero-order chi connectivity index (χ0) is 19.5. The second-order valence-corrected chi connectivity index (χ2v) is 7.64. The molecule has 4 rings (SSSR count). The van der Waals surface area contributed by atoms with E-state index in [1.54, 1.807) is 6.20 Å². The molecule has 9 heteroatoms. The molecule has 0 amide bonds. The summed E-state index contributed by atoms with van der Waals surface area (Å²) in [7, 11) is 0. The number of aliphatic hydroxyl groups excluding tert-OH is 1. The number of aliphatic hydroxyl groups is 1. The van der Waals surface area contributed by atoms with E-state index < -0.39 is 5.82 Å². The first-order chi connectivity index (χ1) is 13.6. The molecule has 1 aromatic heterocycles. The van der Waals surface area contributed by atoms with Crippen LogP contribution in [0.25, 0.3) is 5.57 Å². The lowest BCUT2D eigenvalue weighted by Crippen LogP contribution is -2.42. The summed E-state index contributed by atoms with van der Waals surface area (Å²) >= 11 is 6.10. The monoisotopic (exact) mass is 406 g/mol. The number of halogens is 2. The summed E-state index contributed by atoms with van der Waals surface area (Å²) in [6.07, 6.45) is 9.26. The zero-order valence-corrected chi connectivity index (χ0v) is 16.2. The van der Waals surface area contributed by atoms with Crippen LogP contribution in [0.3, 0.4) is 0 Å². The number of anilines is 1. The van der Waals surface area contributed by atoms with E-state index in [1.165, 1.54) is 6.20 Å². The Hall–Kier alpha value is -2.16. The molecule has 1 aromatic rings. The Morgan fingerprint density at radius 2 is 2.21 bits per heavy atom. The van der Waals surface area contributed by atoms with Crippen LogP contribution in [0.5, 0.6) is 0 Å². The molecule has 1 saturated heterocycles. The topological polar surface area (TPSA) is 85.3 Å². The fourth-order valence-electron chi connectivity index (χ4n) is 3.80. The lowest BCUT2D eigenvalue weighted by atomic mass is 10.0. The number of dihydropyridines is 1. The van der Waals surface area contributed by atoms with Crippen molar-refractivity contribution in [1.82, 2.24) is 25.5 Å². The summed E-state index contributed by atoms with van der Waals surface area (Å²) in [6.45, 7) is 2.85. The standard InChI is InChI=1S/C19H24ClFN6O/c20-12-7-14-15(9-23-17(14)22-8-12)18-24-10-16(21)19(26-18)25-13-3-1-4-27(11-13)5-2-6-28/h7-10,13,17,22-23,28H,1-6,11H2,(H,24,25,26)/t13-,17?/m0/s1. The third-order valence-electron chi connectivity index (χ3n) is 5.16. The summed E-state index contributed by atoms with van der Waals surface area (Å²) in [5.74, 6) is 0.202. The zero-order valence-electron chi connectivity index (χ0n) is 15.5. The highest BCUT2D eigenvalue weighted by molar-refractivity contribution is 6.31. The van der Waals surface area contributed by atoms with Gasteiger partial charge in [-0.3, -0.25) is 0 Å². The molecule has 0 saturated carbocycles. The maximum Gasteiger partial charge on any atom is 0.183 e. The quantitative estimate of drug-likeness (QED) is 0.572. The van der Waals surface area contributed by atoms with E-state index in [9.17, 15) is 4.39 Å². The van der Waals surface area contributed by atoms with Crippen LogP contribution in [0.4, 0.5) is 10.2 Å². The van der Waals surface area contributed by atoms with Gasteiger partial charge in [0.25, 0.3) is 0 Å². The summed E-state index contributed by atoms with van der Waals surface area (Å²) in [5, 5.41) is 19.2. The van der Waals surface area contributed by atoms with Crippen molar-refractivity contribution in [2.24, 2.45) is 0 Å². The molecule has 150 valence electrons. The molecule has 4 heterocycles. The van der Waals surface area contributed by atoms with Gasteiger partial charge in [0.15, 0.2) is 17.5 Å². The van der Waals surface area contributed by atoms with Crippen molar-refractivity contribution < 1.29 is 9.50 Å². The van der Waals surface area contributed by atoms with E-state index in [-0.39, 0.29) is 24.6 Å². The molecule has 7 nitrogen and oxygen atoms in total. The number of rotatable bonds is 6. The van der Waals surface area contributed by atoms with Crippen molar-refractivity contribution in [2.45, 2.75) is 31.5 Å². The van der Waals surface area contributed by atoms with Crippen molar-refractivity contribution in [2.75, 3.05) is 31.6 Å². The normalized spacial score (nSPS) is 24.5. The number of piperidine rings is 1. The molecule has 0 radical (unpaired) electrons. The van der Waals surface area contributed by atoms with E-state index in [0.717, 1.165) is 50.0 Å². The third-order valence-corrected chi connectivity index (χ3v) is 5.38. The SMILES string of the molecule is OCCCN1CCC[C@H](Nc2nc(C3=CNC4NC=C(Cl)C=C34)ncc2F)C1. The first kappa shape index (κ1) is 19.2. The largest absolute Gasteiger partial charge is 0.396 e. The van der Waals surface area contributed by atoms with Crippen LogP contribution in [0.2, 0.25) is 0 Å². The third kappa shape index (κ3) is 4.14. The number of aromatic nitrogens is 2. The minimum absolute atomic E-state index is 0.0824. The van der Waals surface area contributed by atoms with Crippen LogP contribution >= 0.6 is 11.6 Å². The number of fused-ring (bicyclic) bond motifs is 1. The highest BCUT2D eigenvalue weighted by Gasteiger charge is 2.28. The van der Waals surface area contributed by atoms with Crippen LogP contribution < -0.4 is 16.0 Å². The van der Waals surface area contributed by atoms with E-state index in [0.29, 0.717) is 10.9 Å². The highest BCUT2D eigenvalue weighted by Crippen LogP contribution is 2.31. The number of nitrogens with one attached hydrogen (secondary N) is 3. The van der Waals surface area contributed by atoms with Gasteiger partial charge in [-0.05, 0) is 31.9 Å². The van der Waals surface area contributed by atoms with Crippen molar-refractivity contribution in [3.8, 4) is 0 Å². The fourth-order valence-corrected chi connectivity index (χ4v) is 3.98. The van der Waals surface area contributed by atoms with Crippen molar-refractivity contribution in [1.29, 1.82) is 0 Å². The molecule has 0 aliphatic carbocycles. The van der Waals surface area contributed by atoms with Crippen LogP contribution in [0.15, 0.2) is 35.3 Å². The first-order valence-corrected chi connectivity index (χ1v) is 9.94. The minimum atomic E-state index is -0.465. The Bertz CT molecular complexity index is 827. The molecule has 3 aliphatic rings. The van der Waals surface area contributed by atoms with E-state index in [2.05, 4.69) is 30.8 Å². The van der Waals surface area contributed by atoms with Crippen LogP contribution in [0, 0.1) is 5.82 Å². The Morgan fingerprint density at radius 1 is 1.36 bits per heavy atom. The molecule has 1 fully saturated rings. The molecular formula is C19H24ClFN6O. The Morgan fingerprint density at radius 3 is 3.07 bits per heavy atom. The summed E-state index contributed by atoms with van der Waals surface area (Å²) in [4.78, 5) is 10.9. The lowest BCUT2D eigenvalue weighted by Gasteiger charge is -2.33. The Kier molecular flexibility index (Phi) is 5.79. The van der Waals surface area contributed by atoms with Crippen LogP contribution in [-0.4, -0.2) is 58.4 Å². The minimum Gasteiger partial charge on any atom is -0.396 e. The fraction of sp³-hybridized carbons (Fsp3) is 0.474. The Balaban J connectivity index is 1.50. The number of nitrogens with zero attached hydrogens (tertiary/aromatic N) is 3. The number of hydrogen-bond donors (Lipinski definition) is 4. The second kappa shape index (κ2) is 8.46. The molecule has 0 spiro atoms. The van der Waals surface area contributed by atoms with Gasteiger partial charge in [0.2, 0.25) is 0 Å². The average molecular weight is 407 g/mol. The first-order valence-electron chi connectivity index (χ1n) is 9.56. The molecule has 3 aliphatic heterocycles. The smallest absolute Gasteiger partial charge is 0.183 e. The highest BCUT2D eigenvalue weighted by atomic mass is 35.5. The number of hydrogen-bond acceptors (Lipinski definition) is 7. The average Bonchev–Trinajstić information content (AvgIpc) is 3.11. The van der Waals surface area contributed by atoms with E-state index in [4.69, 9.17) is 16.7 Å². The predicted molar refractivity (Wildman–Crippen MR) is 107 cm³/mol. The maximum atomic E-state index is 14.4. The van der Waals surface area contributed by atoms with E-state index >= 15 is 0 Å². The maximum absolute atomic E-state index is 14.4. The molecule has 0 bridgehead atoms. The van der Waals surface area contributed by atoms with Crippen molar-refractivity contribution >= 4 is 23.0 Å². The van der Waals surface area contributed by atoms with Crippen molar-refractivity contribution in [3.63, 3.8) is 0 Å². The number of allylic oxidation sites excluding steroid dienone is 2. The van der Waals surface area contributed by atoms with Gasteiger partial charge < -0.3 is 26.0 Å². The lowest BCUT2D eigenvalue weighted by molar-refractivity contribution is 0.190. The van der Waals surface area contributed by atoms with Gasteiger partial charge in [0.1, 0.15) is 6.17 Å². The second-order valence-electron chi connectivity index (χ2n) is 7.20.